The van der Waals surface area contributed by atoms with Crippen molar-refractivity contribution in [1.82, 2.24) is 9.36 Å². The molecule has 160 valence electrons. The molecule has 0 aliphatic heterocycles. The highest BCUT2D eigenvalue weighted by Gasteiger charge is 2.23. The molecule has 0 radical (unpaired) electrons. The molecule has 0 aliphatic carbocycles. The number of para-hydroxylation sites is 1. The van der Waals surface area contributed by atoms with Crippen molar-refractivity contribution in [2.45, 2.75) is 31.6 Å². The number of halogens is 1. The Bertz CT molecular complexity index is 1200. The Balaban J connectivity index is 1.97. The minimum atomic E-state index is -4.03. The lowest BCUT2D eigenvalue weighted by atomic mass is 10.3. The van der Waals surface area contributed by atoms with Crippen molar-refractivity contribution in [3.05, 3.63) is 69.6 Å². The van der Waals surface area contributed by atoms with E-state index in [4.69, 9.17) is 16.3 Å². The molecule has 7 nitrogen and oxygen atoms in total. The summed E-state index contributed by atoms with van der Waals surface area (Å²) in [5, 5.41) is 0.326. The summed E-state index contributed by atoms with van der Waals surface area (Å²) in [5.41, 5.74) is 0.653. The lowest BCUT2D eigenvalue weighted by Crippen LogP contribution is -2.23. The molecule has 2 aromatic carbocycles. The van der Waals surface area contributed by atoms with Crippen LogP contribution in [0.3, 0.4) is 0 Å². The molecule has 0 bridgehead atoms. The number of hydrogen-bond acceptors (Lipinski definition) is 4. The number of ether oxygens (including phenoxy) is 1. The van der Waals surface area contributed by atoms with E-state index in [1.165, 1.54) is 22.9 Å². The average Bonchev–Trinajstić information content (AvgIpc) is 2.93. The van der Waals surface area contributed by atoms with E-state index in [0.717, 1.165) is 12.8 Å². The number of aromatic nitrogens is 2. The number of nitrogens with one attached hydrogen (secondary N) is 1. The van der Waals surface area contributed by atoms with E-state index in [0.29, 0.717) is 28.8 Å². The van der Waals surface area contributed by atoms with Crippen molar-refractivity contribution in [1.29, 1.82) is 0 Å². The van der Waals surface area contributed by atoms with Gasteiger partial charge in [0.2, 0.25) is 0 Å². The molecule has 0 spiro atoms. The van der Waals surface area contributed by atoms with Crippen LogP contribution in [-0.4, -0.2) is 24.4 Å². The molecule has 0 aliphatic rings. The average molecular weight is 450 g/mol. The summed E-state index contributed by atoms with van der Waals surface area (Å²) in [4.78, 5) is 13.0. The van der Waals surface area contributed by atoms with Crippen molar-refractivity contribution < 1.29 is 13.2 Å². The number of benzene rings is 2. The highest BCUT2D eigenvalue weighted by Crippen LogP contribution is 2.29. The second-order valence-corrected chi connectivity index (χ2v) is 8.93. The molecule has 9 heteroatoms. The van der Waals surface area contributed by atoms with Crippen LogP contribution in [0.15, 0.2) is 58.2 Å². The zero-order chi connectivity index (χ0) is 21.9. The van der Waals surface area contributed by atoms with E-state index in [1.807, 2.05) is 25.1 Å². The van der Waals surface area contributed by atoms with Gasteiger partial charge in [-0.3, -0.25) is 14.2 Å². The highest BCUT2D eigenvalue weighted by atomic mass is 35.5. The van der Waals surface area contributed by atoms with Crippen LogP contribution in [0.5, 0.6) is 5.75 Å². The summed E-state index contributed by atoms with van der Waals surface area (Å²) in [6, 6.07) is 13.2. The normalized spacial score (nSPS) is 11.5. The van der Waals surface area contributed by atoms with Gasteiger partial charge in [0.1, 0.15) is 11.4 Å². The molecule has 3 aromatic rings. The molecule has 0 saturated carbocycles. The Morgan fingerprint density at radius 1 is 1.13 bits per heavy atom. The summed E-state index contributed by atoms with van der Waals surface area (Å²) >= 11 is 6.13. The monoisotopic (exact) mass is 449 g/mol. The first kappa shape index (κ1) is 22.0. The predicted molar refractivity (Wildman–Crippen MR) is 118 cm³/mol. The second-order valence-electron chi connectivity index (χ2n) is 6.84. The fourth-order valence-electron chi connectivity index (χ4n) is 2.97. The van der Waals surface area contributed by atoms with Crippen LogP contribution < -0.4 is 15.0 Å². The molecule has 1 heterocycles. The predicted octanol–water partition coefficient (Wildman–Crippen LogP) is 4.12. The van der Waals surface area contributed by atoms with Crippen molar-refractivity contribution in [3.8, 4) is 11.4 Å². The van der Waals surface area contributed by atoms with Gasteiger partial charge in [0.25, 0.3) is 15.6 Å². The van der Waals surface area contributed by atoms with Crippen LogP contribution in [0.4, 0.5) is 5.69 Å². The minimum absolute atomic E-state index is 0.00949. The molecule has 30 heavy (non-hydrogen) atoms. The Kier molecular flexibility index (Phi) is 6.58. The molecule has 3 rings (SSSR count). The van der Waals surface area contributed by atoms with Gasteiger partial charge >= 0.3 is 0 Å². The summed E-state index contributed by atoms with van der Waals surface area (Å²) in [6.07, 6.45) is 1.77. The van der Waals surface area contributed by atoms with Crippen molar-refractivity contribution in [3.63, 3.8) is 0 Å². The first-order valence-electron chi connectivity index (χ1n) is 9.55. The molecule has 0 saturated heterocycles. The topological polar surface area (TPSA) is 82.3 Å². The number of nitrogens with zero attached hydrogens (tertiary/aromatic N) is 2. The van der Waals surface area contributed by atoms with Crippen molar-refractivity contribution >= 4 is 27.3 Å². The van der Waals surface area contributed by atoms with Crippen LogP contribution in [0.25, 0.3) is 5.69 Å². The second kappa shape index (κ2) is 8.97. The summed E-state index contributed by atoms with van der Waals surface area (Å²) in [6.45, 7) is 4.15. The van der Waals surface area contributed by atoms with Gasteiger partial charge < -0.3 is 4.74 Å². The maximum Gasteiger partial charge on any atom is 0.296 e. The SMILES string of the molecule is CCCCOc1cc(S(=O)(=O)Nc2c(C)n(C)n(-c3ccccc3)c2=O)ccc1Cl. The fourth-order valence-corrected chi connectivity index (χ4v) is 4.27. The molecule has 0 fully saturated rings. The largest absolute Gasteiger partial charge is 0.492 e. The molecule has 1 aromatic heterocycles. The third-order valence-electron chi connectivity index (χ3n) is 4.76. The van der Waals surface area contributed by atoms with Gasteiger partial charge in [0.05, 0.1) is 27.9 Å². The van der Waals surface area contributed by atoms with Crippen LogP contribution in [0.1, 0.15) is 25.5 Å². The van der Waals surface area contributed by atoms with E-state index in [-0.39, 0.29) is 10.6 Å². The molecule has 0 unspecified atom stereocenters. The molecular formula is C21H24ClN3O4S. The molecule has 0 amide bonds. The van der Waals surface area contributed by atoms with Gasteiger partial charge in [-0.1, -0.05) is 43.1 Å². The summed E-state index contributed by atoms with van der Waals surface area (Å²) in [7, 11) is -2.33. The first-order chi connectivity index (χ1) is 14.3. The molecule has 0 atom stereocenters. The van der Waals surface area contributed by atoms with Gasteiger partial charge in [0.15, 0.2) is 0 Å². The van der Waals surface area contributed by atoms with E-state index in [9.17, 15) is 13.2 Å². The van der Waals surface area contributed by atoms with Crippen LogP contribution in [-0.2, 0) is 17.1 Å². The number of sulfonamides is 1. The van der Waals surface area contributed by atoms with Crippen LogP contribution >= 0.6 is 11.6 Å². The number of unbranched alkanes of at least 4 members (excludes halogenated alkanes) is 1. The van der Waals surface area contributed by atoms with Gasteiger partial charge in [-0.2, -0.15) is 0 Å². The quantitative estimate of drug-likeness (QED) is 0.524. The maximum absolute atomic E-state index is 13.0. The Labute approximate surface area is 180 Å². The lowest BCUT2D eigenvalue weighted by molar-refractivity contribution is 0.309. The van der Waals surface area contributed by atoms with E-state index in [1.54, 1.807) is 30.8 Å². The van der Waals surface area contributed by atoms with E-state index in [2.05, 4.69) is 4.72 Å². The first-order valence-corrected chi connectivity index (χ1v) is 11.4. The zero-order valence-corrected chi connectivity index (χ0v) is 18.6. The van der Waals surface area contributed by atoms with Gasteiger partial charge in [-0.05, 0) is 37.6 Å². The maximum atomic E-state index is 13.0. The molecule has 1 N–H and O–H groups in total. The number of anilines is 1. The van der Waals surface area contributed by atoms with Crippen LogP contribution in [0, 0.1) is 6.92 Å². The Morgan fingerprint density at radius 2 is 1.83 bits per heavy atom. The van der Waals surface area contributed by atoms with E-state index >= 15 is 0 Å². The summed E-state index contributed by atoms with van der Waals surface area (Å²) < 4.78 is 37.0. The highest BCUT2D eigenvalue weighted by molar-refractivity contribution is 7.92. The van der Waals surface area contributed by atoms with Crippen molar-refractivity contribution in [2.24, 2.45) is 7.05 Å². The van der Waals surface area contributed by atoms with Gasteiger partial charge in [0, 0.05) is 13.1 Å². The smallest absolute Gasteiger partial charge is 0.296 e. The fraction of sp³-hybridized carbons (Fsp3) is 0.286. The van der Waals surface area contributed by atoms with Crippen molar-refractivity contribution in [2.75, 3.05) is 11.3 Å². The third-order valence-corrected chi connectivity index (χ3v) is 6.42. The van der Waals surface area contributed by atoms with Crippen LogP contribution in [0.2, 0.25) is 5.02 Å². The third kappa shape index (κ3) is 4.39. The lowest BCUT2D eigenvalue weighted by Gasteiger charge is -2.11. The Morgan fingerprint density at radius 3 is 2.50 bits per heavy atom. The Hall–Kier alpha value is -2.71. The number of hydrogen-bond donors (Lipinski definition) is 1. The standard InChI is InChI=1S/C21H24ClN3O4S/c1-4-5-13-29-19-14-17(11-12-18(19)22)30(27,28)23-20-15(2)24(3)25(21(20)26)16-9-7-6-8-10-16/h6-12,14,23H,4-5,13H2,1-3H3. The summed E-state index contributed by atoms with van der Waals surface area (Å²) in [5.74, 6) is 0.291. The minimum Gasteiger partial charge on any atom is -0.492 e. The van der Waals surface area contributed by atoms with Gasteiger partial charge in [-0.15, -0.1) is 0 Å². The molecular weight excluding hydrogens is 426 g/mol. The van der Waals surface area contributed by atoms with E-state index < -0.39 is 15.6 Å². The van der Waals surface area contributed by atoms with Gasteiger partial charge in [-0.25, -0.2) is 13.1 Å². The zero-order valence-electron chi connectivity index (χ0n) is 17.1. The number of rotatable bonds is 8.